The summed E-state index contributed by atoms with van der Waals surface area (Å²) < 4.78 is 28.0. The zero-order valence-electron chi connectivity index (χ0n) is 23.7. The van der Waals surface area contributed by atoms with Crippen LogP contribution in [0.3, 0.4) is 0 Å². The number of anilines is 1. The van der Waals surface area contributed by atoms with Gasteiger partial charge in [-0.15, -0.1) is 0 Å². The average Bonchev–Trinajstić information content (AvgIpc) is 2.91. The van der Waals surface area contributed by atoms with E-state index in [2.05, 4.69) is 21.2 Å². The summed E-state index contributed by atoms with van der Waals surface area (Å²) in [5.41, 5.74) is 3.78. The maximum atomic E-state index is 14.2. The smallest absolute Gasteiger partial charge is 0.244 e. The first kappa shape index (κ1) is 31.4. The van der Waals surface area contributed by atoms with Crippen molar-refractivity contribution in [2.24, 2.45) is 0 Å². The molecule has 9 heteroatoms. The first-order chi connectivity index (χ1) is 18.9. The SMILES string of the molecule is CC[C@@H](C)NC(=O)[C@H](Cc1ccccc1)N(Cc1ccc(Br)cc1)C(=O)CN(c1cc(C)ccc1C)S(C)(=O)=O. The van der Waals surface area contributed by atoms with Crippen molar-refractivity contribution in [3.8, 4) is 0 Å². The Morgan fingerprint density at radius 1 is 0.950 bits per heavy atom. The zero-order valence-corrected chi connectivity index (χ0v) is 26.1. The summed E-state index contributed by atoms with van der Waals surface area (Å²) >= 11 is 3.45. The van der Waals surface area contributed by atoms with Crippen LogP contribution < -0.4 is 9.62 Å². The quantitative estimate of drug-likeness (QED) is 0.292. The summed E-state index contributed by atoms with van der Waals surface area (Å²) in [4.78, 5) is 29.4. The van der Waals surface area contributed by atoms with E-state index in [0.717, 1.165) is 43.7 Å². The lowest BCUT2D eigenvalue weighted by Crippen LogP contribution is -2.54. The van der Waals surface area contributed by atoms with Crippen molar-refractivity contribution >= 4 is 43.5 Å². The Balaban J connectivity index is 2.08. The molecule has 3 rings (SSSR count). The Kier molecular flexibility index (Phi) is 10.9. The molecule has 0 bridgehead atoms. The van der Waals surface area contributed by atoms with E-state index in [1.807, 2.05) is 94.4 Å². The second-order valence-electron chi connectivity index (χ2n) is 10.2. The molecule has 0 unspecified atom stereocenters. The fourth-order valence-corrected chi connectivity index (χ4v) is 5.53. The summed E-state index contributed by atoms with van der Waals surface area (Å²) in [6.45, 7) is 7.30. The fraction of sp³-hybridized carbons (Fsp3) is 0.355. The highest BCUT2D eigenvalue weighted by Gasteiger charge is 2.33. The van der Waals surface area contributed by atoms with Crippen molar-refractivity contribution in [1.29, 1.82) is 0 Å². The van der Waals surface area contributed by atoms with E-state index in [4.69, 9.17) is 0 Å². The molecule has 0 radical (unpaired) electrons. The number of nitrogens with one attached hydrogen (secondary N) is 1. The lowest BCUT2D eigenvalue weighted by molar-refractivity contribution is -0.140. The van der Waals surface area contributed by atoms with Gasteiger partial charge in [0, 0.05) is 23.5 Å². The molecule has 0 saturated heterocycles. The number of amides is 2. The molecular formula is C31H38BrN3O4S. The van der Waals surface area contributed by atoms with Gasteiger partial charge in [-0.2, -0.15) is 0 Å². The predicted molar refractivity (Wildman–Crippen MR) is 165 cm³/mol. The van der Waals surface area contributed by atoms with Gasteiger partial charge in [-0.05, 0) is 67.6 Å². The molecule has 0 aliphatic carbocycles. The van der Waals surface area contributed by atoms with Crippen LogP contribution in [0.5, 0.6) is 0 Å². The molecular weight excluding hydrogens is 590 g/mol. The number of hydrogen-bond acceptors (Lipinski definition) is 4. The van der Waals surface area contributed by atoms with E-state index < -0.39 is 28.5 Å². The summed E-state index contributed by atoms with van der Waals surface area (Å²) in [7, 11) is -3.81. The van der Waals surface area contributed by atoms with E-state index >= 15 is 0 Å². The second kappa shape index (κ2) is 13.9. The van der Waals surface area contributed by atoms with Crippen molar-refractivity contribution in [1.82, 2.24) is 10.2 Å². The molecule has 7 nitrogen and oxygen atoms in total. The number of rotatable bonds is 12. The summed E-state index contributed by atoms with van der Waals surface area (Å²) in [6.07, 6.45) is 2.12. The normalized spacial score (nSPS) is 12.8. The van der Waals surface area contributed by atoms with Crippen LogP contribution in [-0.2, 0) is 32.6 Å². The van der Waals surface area contributed by atoms with Gasteiger partial charge >= 0.3 is 0 Å². The maximum Gasteiger partial charge on any atom is 0.244 e. The minimum atomic E-state index is -3.81. The highest BCUT2D eigenvalue weighted by molar-refractivity contribution is 9.10. The van der Waals surface area contributed by atoms with Crippen LogP contribution in [-0.4, -0.2) is 50.0 Å². The van der Waals surface area contributed by atoms with Gasteiger partial charge in [0.1, 0.15) is 12.6 Å². The molecule has 3 aromatic carbocycles. The molecule has 0 aromatic heterocycles. The van der Waals surface area contributed by atoms with Gasteiger partial charge in [-0.25, -0.2) is 8.42 Å². The summed E-state index contributed by atoms with van der Waals surface area (Å²) in [6, 6.07) is 21.6. The number of carbonyl (C=O) groups is 2. The fourth-order valence-electron chi connectivity index (χ4n) is 4.36. The van der Waals surface area contributed by atoms with Crippen LogP contribution in [0.4, 0.5) is 5.69 Å². The van der Waals surface area contributed by atoms with Gasteiger partial charge in [0.05, 0.1) is 11.9 Å². The molecule has 214 valence electrons. The Hall–Kier alpha value is -3.17. The number of nitrogens with zero attached hydrogens (tertiary/aromatic N) is 2. The minimum Gasteiger partial charge on any atom is -0.352 e. The van der Waals surface area contributed by atoms with Crippen molar-refractivity contribution in [3.63, 3.8) is 0 Å². The highest BCUT2D eigenvalue weighted by atomic mass is 79.9. The van der Waals surface area contributed by atoms with Gasteiger partial charge < -0.3 is 10.2 Å². The molecule has 0 heterocycles. The average molecular weight is 629 g/mol. The van der Waals surface area contributed by atoms with Crippen LogP contribution in [0.15, 0.2) is 77.3 Å². The molecule has 0 spiro atoms. The molecule has 3 aromatic rings. The Bertz CT molecular complexity index is 1410. The van der Waals surface area contributed by atoms with E-state index in [1.54, 1.807) is 6.07 Å². The van der Waals surface area contributed by atoms with Crippen molar-refractivity contribution < 1.29 is 18.0 Å². The largest absolute Gasteiger partial charge is 0.352 e. The van der Waals surface area contributed by atoms with E-state index in [1.165, 1.54) is 4.90 Å². The Morgan fingerprint density at radius 3 is 2.20 bits per heavy atom. The van der Waals surface area contributed by atoms with E-state index in [0.29, 0.717) is 5.69 Å². The Morgan fingerprint density at radius 2 is 1.60 bits per heavy atom. The predicted octanol–water partition coefficient (Wildman–Crippen LogP) is 5.39. The third-order valence-electron chi connectivity index (χ3n) is 6.85. The van der Waals surface area contributed by atoms with Gasteiger partial charge in [-0.3, -0.25) is 13.9 Å². The zero-order chi connectivity index (χ0) is 29.4. The standard InChI is InChI=1S/C31H38BrN3O4S/c1-6-24(4)33-31(37)29(19-25-10-8-7-9-11-25)34(20-26-14-16-27(32)17-15-26)30(36)21-35(40(5,38)39)28-18-22(2)12-13-23(28)3/h7-18,24,29H,6,19-21H2,1-5H3,(H,33,37)/t24-,29+/m1/s1. The topological polar surface area (TPSA) is 86.8 Å². The number of sulfonamides is 1. The molecule has 2 atom stereocenters. The van der Waals surface area contributed by atoms with Crippen molar-refractivity contribution in [2.75, 3.05) is 17.1 Å². The lowest BCUT2D eigenvalue weighted by atomic mass is 10.0. The van der Waals surface area contributed by atoms with E-state index in [-0.39, 0.29) is 24.9 Å². The van der Waals surface area contributed by atoms with Crippen LogP contribution >= 0.6 is 15.9 Å². The van der Waals surface area contributed by atoms with Crippen molar-refractivity contribution in [3.05, 3.63) is 99.5 Å². The monoisotopic (exact) mass is 627 g/mol. The highest BCUT2D eigenvalue weighted by Crippen LogP contribution is 2.25. The molecule has 0 saturated carbocycles. The third kappa shape index (κ3) is 8.66. The summed E-state index contributed by atoms with van der Waals surface area (Å²) in [5.74, 6) is -0.740. The van der Waals surface area contributed by atoms with Crippen molar-refractivity contribution in [2.45, 2.75) is 59.2 Å². The number of carbonyl (C=O) groups excluding carboxylic acids is 2. The minimum absolute atomic E-state index is 0.0853. The molecule has 0 fully saturated rings. The number of benzene rings is 3. The third-order valence-corrected chi connectivity index (χ3v) is 8.51. The molecule has 1 N–H and O–H groups in total. The van der Waals surface area contributed by atoms with Crippen LogP contribution in [0.2, 0.25) is 0 Å². The second-order valence-corrected chi connectivity index (χ2v) is 13.1. The Labute approximate surface area is 246 Å². The van der Waals surface area contributed by atoms with Gasteiger partial charge in [0.2, 0.25) is 21.8 Å². The molecule has 0 aliphatic heterocycles. The van der Waals surface area contributed by atoms with Crippen LogP contribution in [0, 0.1) is 13.8 Å². The number of halogens is 1. The van der Waals surface area contributed by atoms with Gasteiger partial charge in [-0.1, -0.05) is 77.5 Å². The number of aryl methyl sites for hydroxylation is 2. The molecule has 0 aliphatic rings. The van der Waals surface area contributed by atoms with E-state index in [9.17, 15) is 18.0 Å². The van der Waals surface area contributed by atoms with Gasteiger partial charge in [0.15, 0.2) is 0 Å². The van der Waals surface area contributed by atoms with Crippen LogP contribution in [0.1, 0.15) is 42.5 Å². The maximum absolute atomic E-state index is 14.2. The molecule has 40 heavy (non-hydrogen) atoms. The van der Waals surface area contributed by atoms with Crippen LogP contribution in [0.25, 0.3) is 0 Å². The first-order valence-electron chi connectivity index (χ1n) is 13.3. The molecule has 2 amide bonds. The van der Waals surface area contributed by atoms with Gasteiger partial charge in [0.25, 0.3) is 0 Å². The summed E-state index contributed by atoms with van der Waals surface area (Å²) in [5, 5.41) is 3.04. The number of hydrogen-bond donors (Lipinski definition) is 1. The lowest BCUT2D eigenvalue weighted by Gasteiger charge is -2.34. The first-order valence-corrected chi connectivity index (χ1v) is 16.0.